The minimum atomic E-state index is 0.197. The lowest BCUT2D eigenvalue weighted by Crippen LogP contribution is -2.18. The highest BCUT2D eigenvalue weighted by Gasteiger charge is 2.29. The van der Waals surface area contributed by atoms with E-state index in [0.717, 1.165) is 17.4 Å². The number of hydrogen-bond donors (Lipinski definition) is 1. The first-order chi connectivity index (χ1) is 11.3. The van der Waals surface area contributed by atoms with Crippen molar-refractivity contribution in [3.05, 3.63) is 53.9 Å². The van der Waals surface area contributed by atoms with Crippen molar-refractivity contribution in [3.63, 3.8) is 0 Å². The molecular weight excluding hydrogens is 292 g/mol. The first-order valence-corrected chi connectivity index (χ1v) is 7.82. The lowest BCUT2D eigenvalue weighted by Gasteiger charge is -2.13. The van der Waals surface area contributed by atoms with E-state index in [1.165, 1.54) is 18.4 Å². The molecule has 118 valence electrons. The van der Waals surface area contributed by atoms with Crippen LogP contribution in [0, 0.1) is 0 Å². The molecule has 1 atom stereocenters. The van der Waals surface area contributed by atoms with Crippen molar-refractivity contribution in [1.29, 1.82) is 0 Å². The molecule has 1 aliphatic rings. The quantitative estimate of drug-likeness (QED) is 0.753. The van der Waals surface area contributed by atoms with Gasteiger partial charge in [0.1, 0.15) is 0 Å². The normalized spacial score (nSPS) is 15.7. The summed E-state index contributed by atoms with van der Waals surface area (Å²) in [6.07, 6.45) is 5.83. The Balaban J connectivity index is 1.37. The average Bonchev–Trinajstić information content (AvgIpc) is 3.11. The van der Waals surface area contributed by atoms with Crippen molar-refractivity contribution in [3.8, 4) is 5.69 Å². The van der Waals surface area contributed by atoms with Crippen LogP contribution in [0.1, 0.15) is 49.0 Å². The summed E-state index contributed by atoms with van der Waals surface area (Å²) in [5.74, 6) is 2.00. The predicted molar refractivity (Wildman–Crippen MR) is 82.9 cm³/mol. The molecular formula is C16H18N6O. The zero-order valence-electron chi connectivity index (χ0n) is 12.9. The van der Waals surface area contributed by atoms with Crippen LogP contribution >= 0.6 is 0 Å². The summed E-state index contributed by atoms with van der Waals surface area (Å²) in [7, 11) is 0. The summed E-state index contributed by atoms with van der Waals surface area (Å²) < 4.78 is 7.00. The van der Waals surface area contributed by atoms with E-state index >= 15 is 0 Å². The van der Waals surface area contributed by atoms with Crippen molar-refractivity contribution < 1.29 is 4.52 Å². The van der Waals surface area contributed by atoms with Crippen LogP contribution in [0.3, 0.4) is 0 Å². The monoisotopic (exact) mass is 310 g/mol. The number of hydrogen-bond acceptors (Lipinski definition) is 6. The van der Waals surface area contributed by atoms with Crippen molar-refractivity contribution in [2.75, 3.05) is 0 Å². The second-order valence-electron chi connectivity index (χ2n) is 5.86. The van der Waals surface area contributed by atoms with E-state index in [1.807, 2.05) is 18.3 Å². The summed E-state index contributed by atoms with van der Waals surface area (Å²) in [5.41, 5.74) is 2.19. The number of benzene rings is 1. The Morgan fingerprint density at radius 2 is 2.13 bits per heavy atom. The molecule has 1 fully saturated rings. The summed E-state index contributed by atoms with van der Waals surface area (Å²) in [4.78, 5) is 4.43. The molecule has 2 heterocycles. The van der Waals surface area contributed by atoms with Crippen molar-refractivity contribution >= 4 is 0 Å². The molecule has 1 aliphatic carbocycles. The van der Waals surface area contributed by atoms with Crippen LogP contribution in [0.2, 0.25) is 0 Å². The van der Waals surface area contributed by atoms with Gasteiger partial charge in [-0.3, -0.25) is 0 Å². The third kappa shape index (κ3) is 3.14. The molecule has 2 aromatic heterocycles. The maximum atomic E-state index is 5.27. The largest absolute Gasteiger partial charge is 0.339 e. The summed E-state index contributed by atoms with van der Waals surface area (Å²) in [6.45, 7) is 2.72. The van der Waals surface area contributed by atoms with E-state index in [4.69, 9.17) is 4.52 Å². The zero-order chi connectivity index (χ0) is 15.6. The van der Waals surface area contributed by atoms with Gasteiger partial charge in [-0.25, -0.2) is 4.68 Å². The van der Waals surface area contributed by atoms with Crippen LogP contribution < -0.4 is 5.32 Å². The standard InChI is InChI=1S/C16H18N6O/c1-11(17-10-15-19-16(23-20-15)13-2-3-13)12-4-6-14(7-5-12)22-9-8-18-21-22/h4-9,11,13,17H,2-3,10H2,1H3. The molecule has 7 nitrogen and oxygen atoms in total. The molecule has 0 amide bonds. The van der Waals surface area contributed by atoms with E-state index in [9.17, 15) is 0 Å². The van der Waals surface area contributed by atoms with Crippen LogP contribution in [0.4, 0.5) is 0 Å². The summed E-state index contributed by atoms with van der Waals surface area (Å²) in [6, 6.07) is 8.42. The van der Waals surface area contributed by atoms with Gasteiger partial charge in [-0.1, -0.05) is 22.5 Å². The average molecular weight is 310 g/mol. The van der Waals surface area contributed by atoms with Gasteiger partial charge in [0, 0.05) is 12.0 Å². The number of nitrogens with one attached hydrogen (secondary N) is 1. The maximum absolute atomic E-state index is 5.27. The molecule has 4 rings (SSSR count). The molecule has 0 bridgehead atoms. The Kier molecular flexibility index (Phi) is 3.63. The molecule has 0 aliphatic heterocycles. The van der Waals surface area contributed by atoms with Crippen LogP contribution in [0.5, 0.6) is 0 Å². The summed E-state index contributed by atoms with van der Waals surface area (Å²) >= 11 is 0. The molecule has 0 saturated heterocycles. The topological polar surface area (TPSA) is 81.7 Å². The lowest BCUT2D eigenvalue weighted by atomic mass is 10.1. The van der Waals surface area contributed by atoms with Crippen LogP contribution in [-0.4, -0.2) is 25.1 Å². The highest BCUT2D eigenvalue weighted by molar-refractivity contribution is 5.34. The molecule has 0 radical (unpaired) electrons. The Morgan fingerprint density at radius 1 is 1.30 bits per heavy atom. The molecule has 1 N–H and O–H groups in total. The summed E-state index contributed by atoms with van der Waals surface area (Å²) in [5, 5.41) is 15.2. The fourth-order valence-electron chi connectivity index (χ4n) is 2.46. The highest BCUT2D eigenvalue weighted by atomic mass is 16.5. The predicted octanol–water partition coefficient (Wildman–Crippen LogP) is 2.38. The van der Waals surface area contributed by atoms with E-state index in [-0.39, 0.29) is 6.04 Å². The number of aromatic nitrogens is 5. The molecule has 1 saturated carbocycles. The first-order valence-electron chi connectivity index (χ1n) is 7.82. The van der Waals surface area contributed by atoms with E-state index in [0.29, 0.717) is 12.5 Å². The third-order valence-corrected chi connectivity index (χ3v) is 4.06. The first kappa shape index (κ1) is 14.1. The van der Waals surface area contributed by atoms with Gasteiger partial charge in [-0.2, -0.15) is 4.98 Å². The molecule has 0 spiro atoms. The van der Waals surface area contributed by atoms with Gasteiger partial charge in [-0.15, -0.1) is 5.10 Å². The fraction of sp³-hybridized carbons (Fsp3) is 0.375. The SMILES string of the molecule is CC(NCc1noc(C2CC2)n1)c1ccc(-n2ccnn2)cc1. The molecule has 23 heavy (non-hydrogen) atoms. The van der Waals surface area contributed by atoms with Gasteiger partial charge in [0.2, 0.25) is 5.89 Å². The number of nitrogens with zero attached hydrogens (tertiary/aromatic N) is 5. The highest BCUT2D eigenvalue weighted by Crippen LogP contribution is 2.38. The maximum Gasteiger partial charge on any atom is 0.229 e. The van der Waals surface area contributed by atoms with E-state index in [1.54, 1.807) is 10.9 Å². The number of rotatable bonds is 6. The molecule has 3 aromatic rings. The van der Waals surface area contributed by atoms with Gasteiger partial charge in [0.15, 0.2) is 5.82 Å². The van der Waals surface area contributed by atoms with Gasteiger partial charge >= 0.3 is 0 Å². The van der Waals surface area contributed by atoms with Crippen molar-refractivity contribution in [2.45, 2.75) is 38.3 Å². The minimum Gasteiger partial charge on any atom is -0.339 e. The Morgan fingerprint density at radius 3 is 2.83 bits per heavy atom. The lowest BCUT2D eigenvalue weighted by molar-refractivity contribution is 0.371. The van der Waals surface area contributed by atoms with Gasteiger partial charge in [-0.05, 0) is 37.5 Å². The molecule has 7 heteroatoms. The zero-order valence-corrected chi connectivity index (χ0v) is 12.9. The second kappa shape index (κ2) is 5.92. The molecule has 1 aromatic carbocycles. The Labute approximate surface area is 133 Å². The van der Waals surface area contributed by atoms with Crippen molar-refractivity contribution in [2.24, 2.45) is 0 Å². The fourth-order valence-corrected chi connectivity index (χ4v) is 2.46. The van der Waals surface area contributed by atoms with E-state index < -0.39 is 0 Å². The van der Waals surface area contributed by atoms with Crippen molar-refractivity contribution in [1.82, 2.24) is 30.5 Å². The smallest absolute Gasteiger partial charge is 0.229 e. The van der Waals surface area contributed by atoms with E-state index in [2.05, 4.69) is 44.8 Å². The second-order valence-corrected chi connectivity index (χ2v) is 5.86. The van der Waals surface area contributed by atoms with Crippen LogP contribution in [-0.2, 0) is 6.54 Å². The third-order valence-electron chi connectivity index (χ3n) is 4.06. The van der Waals surface area contributed by atoms with Gasteiger partial charge < -0.3 is 9.84 Å². The Bertz CT molecular complexity index is 760. The minimum absolute atomic E-state index is 0.197. The van der Waals surface area contributed by atoms with Crippen LogP contribution in [0.25, 0.3) is 5.69 Å². The van der Waals surface area contributed by atoms with Crippen LogP contribution in [0.15, 0.2) is 41.2 Å². The molecule has 1 unspecified atom stereocenters. The Hall–Kier alpha value is -2.54. The van der Waals surface area contributed by atoms with Gasteiger partial charge in [0.25, 0.3) is 0 Å². The van der Waals surface area contributed by atoms with Gasteiger partial charge in [0.05, 0.1) is 24.6 Å².